The quantitative estimate of drug-likeness (QED) is 0.584. The maximum absolute atomic E-state index is 11.6. The summed E-state index contributed by atoms with van der Waals surface area (Å²) in [5.41, 5.74) is -1.93. The number of esters is 1. The van der Waals surface area contributed by atoms with E-state index in [4.69, 9.17) is 14.2 Å². The van der Waals surface area contributed by atoms with E-state index in [9.17, 15) is 15.0 Å². The Bertz CT molecular complexity index is 500. The number of aliphatic hydroxyl groups is 2. The van der Waals surface area contributed by atoms with Crippen molar-refractivity contribution < 1.29 is 29.2 Å². The zero-order chi connectivity index (χ0) is 17.2. The molecule has 3 aliphatic rings. The second kappa shape index (κ2) is 5.15. The third-order valence-electron chi connectivity index (χ3n) is 5.70. The third-order valence-corrected chi connectivity index (χ3v) is 5.70. The van der Waals surface area contributed by atoms with Crippen molar-refractivity contribution in [1.82, 2.24) is 0 Å². The number of epoxide rings is 2. The third kappa shape index (κ3) is 3.14. The molecule has 0 radical (unpaired) electrons. The normalized spacial score (nSPS) is 49.6. The number of hydrogen-bond donors (Lipinski definition) is 2. The fraction of sp³-hybridized carbons (Fsp3) is 0.941. The SMILES string of the molecule is CC(=O)O[C@@H]1C(C(C)(C)O)CC[C@@]2(C)O[C@@H]2C(O)C[C@]2(C)O[C@@H]12. The van der Waals surface area contributed by atoms with Crippen LogP contribution in [0.4, 0.5) is 0 Å². The molecule has 0 aromatic heterocycles. The van der Waals surface area contributed by atoms with Gasteiger partial charge in [-0.3, -0.25) is 4.79 Å². The molecule has 2 N–H and O–H groups in total. The summed E-state index contributed by atoms with van der Waals surface area (Å²) in [4.78, 5) is 11.6. The predicted molar refractivity (Wildman–Crippen MR) is 81.8 cm³/mol. The summed E-state index contributed by atoms with van der Waals surface area (Å²) in [5.74, 6) is -0.637. The average molecular weight is 328 g/mol. The molecule has 2 aliphatic heterocycles. The molecule has 0 amide bonds. The van der Waals surface area contributed by atoms with Crippen molar-refractivity contribution in [2.24, 2.45) is 5.92 Å². The summed E-state index contributed by atoms with van der Waals surface area (Å²) in [6, 6.07) is 0. The van der Waals surface area contributed by atoms with E-state index >= 15 is 0 Å². The first-order valence-electron chi connectivity index (χ1n) is 8.40. The maximum atomic E-state index is 11.6. The van der Waals surface area contributed by atoms with Gasteiger partial charge >= 0.3 is 5.97 Å². The Morgan fingerprint density at radius 3 is 2.39 bits per heavy atom. The monoisotopic (exact) mass is 328 g/mol. The van der Waals surface area contributed by atoms with Crippen LogP contribution in [-0.2, 0) is 19.0 Å². The molecule has 2 heterocycles. The molecule has 23 heavy (non-hydrogen) atoms. The van der Waals surface area contributed by atoms with Gasteiger partial charge in [-0.25, -0.2) is 0 Å². The summed E-state index contributed by atoms with van der Waals surface area (Å²) in [5, 5.41) is 21.0. The molecular weight excluding hydrogens is 300 g/mol. The Hall–Kier alpha value is -0.690. The van der Waals surface area contributed by atoms with Crippen LogP contribution in [0.5, 0.6) is 0 Å². The molecule has 6 nitrogen and oxygen atoms in total. The lowest BCUT2D eigenvalue weighted by Crippen LogP contribution is -2.47. The van der Waals surface area contributed by atoms with E-state index in [1.807, 2.05) is 13.8 Å². The van der Waals surface area contributed by atoms with Crippen molar-refractivity contribution in [3.8, 4) is 0 Å². The first kappa shape index (κ1) is 17.1. The number of hydrogen-bond acceptors (Lipinski definition) is 6. The number of ether oxygens (including phenoxy) is 3. The molecule has 2 saturated heterocycles. The average Bonchev–Trinajstić information content (AvgIpc) is 3.22. The van der Waals surface area contributed by atoms with E-state index in [2.05, 4.69) is 0 Å². The van der Waals surface area contributed by atoms with E-state index in [1.54, 1.807) is 13.8 Å². The molecule has 132 valence electrons. The van der Waals surface area contributed by atoms with Crippen molar-refractivity contribution in [3.05, 3.63) is 0 Å². The van der Waals surface area contributed by atoms with Gasteiger partial charge in [0.1, 0.15) is 18.3 Å². The Morgan fingerprint density at radius 1 is 1.22 bits per heavy atom. The standard InChI is InChI=1S/C17H28O6/c1-9(18)21-12-10(15(2,3)20)6-7-16(4)13(22-16)11(19)8-17(5)14(12)23-17/h10-14,19-20H,6-8H2,1-5H3/t10?,11?,12-,13-,14+,16-,17+/m1/s1. The van der Waals surface area contributed by atoms with Gasteiger partial charge in [-0.05, 0) is 40.5 Å². The van der Waals surface area contributed by atoms with Gasteiger partial charge in [-0.2, -0.15) is 0 Å². The minimum absolute atomic E-state index is 0.183. The summed E-state index contributed by atoms with van der Waals surface area (Å²) in [6.07, 6.45) is 0.170. The Balaban J connectivity index is 1.90. The first-order valence-corrected chi connectivity index (χ1v) is 8.40. The highest BCUT2D eigenvalue weighted by atomic mass is 16.7. The molecule has 0 spiro atoms. The van der Waals surface area contributed by atoms with Crippen LogP contribution < -0.4 is 0 Å². The van der Waals surface area contributed by atoms with Crippen molar-refractivity contribution >= 4 is 5.97 Å². The zero-order valence-electron chi connectivity index (χ0n) is 14.5. The molecule has 7 atom stereocenters. The molecule has 6 heteroatoms. The predicted octanol–water partition coefficient (Wildman–Crippen LogP) is 1.16. The summed E-state index contributed by atoms with van der Waals surface area (Å²) < 4.78 is 17.1. The van der Waals surface area contributed by atoms with Crippen LogP contribution in [0.25, 0.3) is 0 Å². The molecular formula is C17H28O6. The second-order valence-corrected chi connectivity index (χ2v) is 8.35. The van der Waals surface area contributed by atoms with Crippen LogP contribution in [0.1, 0.15) is 53.9 Å². The van der Waals surface area contributed by atoms with Crippen LogP contribution in [0.3, 0.4) is 0 Å². The van der Waals surface area contributed by atoms with Gasteiger partial charge in [0.15, 0.2) is 0 Å². The van der Waals surface area contributed by atoms with Gasteiger partial charge < -0.3 is 24.4 Å². The molecule has 0 aromatic rings. The Morgan fingerprint density at radius 2 is 1.83 bits per heavy atom. The van der Waals surface area contributed by atoms with Crippen molar-refractivity contribution in [2.45, 2.75) is 95.1 Å². The molecule has 0 aromatic carbocycles. The lowest BCUT2D eigenvalue weighted by molar-refractivity contribution is -0.157. The summed E-state index contributed by atoms with van der Waals surface area (Å²) in [6.45, 7) is 8.75. The molecule has 0 bridgehead atoms. The minimum atomic E-state index is -1.01. The minimum Gasteiger partial charge on any atom is -0.459 e. The number of rotatable bonds is 2. The molecule has 3 rings (SSSR count). The molecule has 1 saturated carbocycles. The summed E-state index contributed by atoms with van der Waals surface area (Å²) in [7, 11) is 0. The Kier molecular flexibility index (Phi) is 3.84. The molecule has 2 unspecified atom stereocenters. The first-order chi connectivity index (χ1) is 10.5. The molecule has 1 aliphatic carbocycles. The highest BCUT2D eigenvalue weighted by Gasteiger charge is 2.66. The van der Waals surface area contributed by atoms with Gasteiger partial charge in [0.25, 0.3) is 0 Å². The fourth-order valence-electron chi connectivity index (χ4n) is 4.21. The fourth-order valence-corrected chi connectivity index (χ4v) is 4.21. The number of aliphatic hydroxyl groups excluding tert-OH is 1. The largest absolute Gasteiger partial charge is 0.459 e. The van der Waals surface area contributed by atoms with E-state index in [0.29, 0.717) is 19.3 Å². The summed E-state index contributed by atoms with van der Waals surface area (Å²) >= 11 is 0. The van der Waals surface area contributed by atoms with Crippen molar-refractivity contribution in [2.75, 3.05) is 0 Å². The van der Waals surface area contributed by atoms with Crippen molar-refractivity contribution in [3.63, 3.8) is 0 Å². The number of carbonyl (C=O) groups is 1. The van der Waals surface area contributed by atoms with E-state index in [0.717, 1.165) is 0 Å². The van der Waals surface area contributed by atoms with Crippen LogP contribution >= 0.6 is 0 Å². The van der Waals surface area contributed by atoms with E-state index in [1.165, 1.54) is 6.92 Å². The highest BCUT2D eigenvalue weighted by Crippen LogP contribution is 2.53. The van der Waals surface area contributed by atoms with Gasteiger partial charge in [0.2, 0.25) is 0 Å². The van der Waals surface area contributed by atoms with Gasteiger partial charge in [0.05, 0.1) is 22.9 Å². The lowest BCUT2D eigenvalue weighted by atomic mass is 9.75. The van der Waals surface area contributed by atoms with Gasteiger partial charge in [-0.15, -0.1) is 0 Å². The topological polar surface area (TPSA) is 91.8 Å². The van der Waals surface area contributed by atoms with Gasteiger partial charge in [0, 0.05) is 19.3 Å². The highest BCUT2D eigenvalue weighted by molar-refractivity contribution is 5.66. The lowest BCUT2D eigenvalue weighted by Gasteiger charge is -2.36. The van der Waals surface area contributed by atoms with Crippen LogP contribution in [0.2, 0.25) is 0 Å². The zero-order valence-corrected chi connectivity index (χ0v) is 14.5. The van der Waals surface area contributed by atoms with Gasteiger partial charge in [-0.1, -0.05) is 0 Å². The van der Waals surface area contributed by atoms with Crippen LogP contribution in [0.15, 0.2) is 0 Å². The second-order valence-electron chi connectivity index (χ2n) is 8.35. The number of carbonyl (C=O) groups excluding carboxylic acids is 1. The Labute approximate surface area is 137 Å². The smallest absolute Gasteiger partial charge is 0.303 e. The van der Waals surface area contributed by atoms with E-state index < -0.39 is 23.4 Å². The van der Waals surface area contributed by atoms with Crippen molar-refractivity contribution in [1.29, 1.82) is 0 Å². The van der Waals surface area contributed by atoms with Crippen LogP contribution in [0, 0.1) is 5.92 Å². The number of fused-ring (bicyclic) bond motifs is 2. The van der Waals surface area contributed by atoms with Crippen LogP contribution in [-0.4, -0.2) is 57.4 Å². The maximum Gasteiger partial charge on any atom is 0.303 e. The molecule has 3 fully saturated rings. The van der Waals surface area contributed by atoms with E-state index in [-0.39, 0.29) is 29.7 Å².